The van der Waals surface area contributed by atoms with Gasteiger partial charge in [-0.2, -0.15) is 0 Å². The van der Waals surface area contributed by atoms with Crippen LogP contribution in [0.15, 0.2) is 77.2 Å². The van der Waals surface area contributed by atoms with Gasteiger partial charge in [-0.25, -0.2) is 4.98 Å². The van der Waals surface area contributed by atoms with E-state index in [1.165, 1.54) is 22.2 Å². The van der Waals surface area contributed by atoms with Crippen molar-refractivity contribution in [1.82, 2.24) is 9.55 Å². The number of carbonyl (C=O) groups is 1. The van der Waals surface area contributed by atoms with Gasteiger partial charge in [0.25, 0.3) is 5.56 Å². The Morgan fingerprint density at radius 3 is 2.67 bits per heavy atom. The molecule has 0 aliphatic carbocycles. The highest BCUT2D eigenvalue weighted by atomic mass is 35.5. The summed E-state index contributed by atoms with van der Waals surface area (Å²) in [6.45, 7) is 1.64. The van der Waals surface area contributed by atoms with E-state index in [4.69, 9.17) is 23.2 Å². The fourth-order valence-corrected chi connectivity index (χ4v) is 4.99. The summed E-state index contributed by atoms with van der Waals surface area (Å²) < 4.78 is 1.34. The first kappa shape index (κ1) is 21.6. The molecule has 0 bridgehead atoms. The quantitative estimate of drug-likeness (QED) is 0.299. The number of hydrogen-bond donors (Lipinski definition) is 1. The fraction of sp³-hybridized carbons (Fsp3) is 0.0800. The molecule has 5 rings (SSSR count). The Morgan fingerprint density at radius 2 is 1.85 bits per heavy atom. The molecule has 0 saturated carbocycles. The Bertz CT molecular complexity index is 1590. The smallest absolute Gasteiger partial charge is 0.263 e. The minimum Gasteiger partial charge on any atom is -0.323 e. The standard InChI is InChI=1S/C25H17Cl2N3O2S/c1-14(23(31)29-21-11-18(26)8-9-20(21)27)30-13-28-24-22(25(30)32)19(12-33-24)17-7-6-15-4-2-3-5-16(15)10-17/h2-14H,1H3,(H,29,31). The number of benzene rings is 3. The van der Waals surface area contributed by atoms with Crippen molar-refractivity contribution in [1.29, 1.82) is 0 Å². The van der Waals surface area contributed by atoms with Crippen LogP contribution in [0, 0.1) is 0 Å². The van der Waals surface area contributed by atoms with Crippen LogP contribution in [0.2, 0.25) is 10.0 Å². The lowest BCUT2D eigenvalue weighted by Gasteiger charge is -2.16. The lowest BCUT2D eigenvalue weighted by atomic mass is 10.0. The summed E-state index contributed by atoms with van der Waals surface area (Å²) in [5.74, 6) is -0.398. The average molecular weight is 494 g/mol. The van der Waals surface area contributed by atoms with E-state index in [-0.39, 0.29) is 5.56 Å². The number of nitrogens with zero attached hydrogens (tertiary/aromatic N) is 2. The molecule has 164 valence electrons. The first-order chi connectivity index (χ1) is 15.9. The predicted molar refractivity (Wildman–Crippen MR) is 137 cm³/mol. The van der Waals surface area contributed by atoms with E-state index in [2.05, 4.69) is 16.4 Å². The summed E-state index contributed by atoms with van der Waals surface area (Å²) in [6, 6.07) is 18.2. The van der Waals surface area contributed by atoms with E-state index < -0.39 is 11.9 Å². The maximum Gasteiger partial charge on any atom is 0.263 e. The van der Waals surface area contributed by atoms with Crippen molar-refractivity contribution in [2.75, 3.05) is 5.32 Å². The zero-order chi connectivity index (χ0) is 23.1. The molecule has 0 fully saturated rings. The molecule has 2 heterocycles. The highest BCUT2D eigenvalue weighted by molar-refractivity contribution is 7.17. The predicted octanol–water partition coefficient (Wildman–Crippen LogP) is 6.78. The number of amides is 1. The molecule has 1 unspecified atom stereocenters. The number of rotatable bonds is 4. The van der Waals surface area contributed by atoms with Crippen LogP contribution in [0.5, 0.6) is 0 Å². The molecular weight excluding hydrogens is 477 g/mol. The Morgan fingerprint density at radius 1 is 1.06 bits per heavy atom. The second kappa shape index (κ2) is 8.63. The SMILES string of the molecule is CC(C(=O)Nc1cc(Cl)ccc1Cl)n1cnc2scc(-c3ccc4ccccc4c3)c2c1=O. The summed E-state index contributed by atoms with van der Waals surface area (Å²) in [5.41, 5.74) is 1.84. The van der Waals surface area contributed by atoms with Crippen LogP contribution in [0.3, 0.4) is 0 Å². The van der Waals surface area contributed by atoms with E-state index in [0.29, 0.717) is 25.9 Å². The maximum atomic E-state index is 13.5. The zero-order valence-corrected chi connectivity index (χ0v) is 19.7. The molecule has 5 nitrogen and oxygen atoms in total. The van der Waals surface area contributed by atoms with Gasteiger partial charge in [-0.05, 0) is 47.5 Å². The topological polar surface area (TPSA) is 64.0 Å². The molecule has 1 atom stereocenters. The van der Waals surface area contributed by atoms with Crippen LogP contribution in [-0.4, -0.2) is 15.5 Å². The average Bonchev–Trinajstić information content (AvgIpc) is 3.26. The Labute approximate surface area is 203 Å². The first-order valence-electron chi connectivity index (χ1n) is 10.2. The Balaban J connectivity index is 1.54. The first-order valence-corrected chi connectivity index (χ1v) is 11.8. The summed E-state index contributed by atoms with van der Waals surface area (Å²) in [5, 5.41) is 8.20. The van der Waals surface area contributed by atoms with Crippen LogP contribution < -0.4 is 10.9 Å². The van der Waals surface area contributed by atoms with Gasteiger partial charge in [0, 0.05) is 16.0 Å². The van der Waals surface area contributed by atoms with Crippen molar-refractivity contribution >= 4 is 67.1 Å². The number of thiophene rings is 1. The molecule has 1 N–H and O–H groups in total. The summed E-state index contributed by atoms with van der Waals surface area (Å²) in [7, 11) is 0. The number of fused-ring (bicyclic) bond motifs is 2. The van der Waals surface area contributed by atoms with Crippen molar-refractivity contribution < 1.29 is 4.79 Å². The lowest BCUT2D eigenvalue weighted by Crippen LogP contribution is -2.31. The van der Waals surface area contributed by atoms with Crippen LogP contribution in [-0.2, 0) is 4.79 Å². The number of anilines is 1. The molecule has 8 heteroatoms. The van der Waals surface area contributed by atoms with E-state index in [1.54, 1.807) is 25.1 Å². The lowest BCUT2D eigenvalue weighted by molar-refractivity contribution is -0.118. The summed E-state index contributed by atoms with van der Waals surface area (Å²) in [4.78, 5) is 31.5. The third-order valence-electron chi connectivity index (χ3n) is 5.56. The Hall–Kier alpha value is -3.19. The van der Waals surface area contributed by atoms with Crippen molar-refractivity contribution in [3.05, 3.63) is 92.8 Å². The van der Waals surface area contributed by atoms with Gasteiger partial charge in [0.05, 0.1) is 22.4 Å². The molecule has 0 radical (unpaired) electrons. The zero-order valence-electron chi connectivity index (χ0n) is 17.4. The molecule has 0 aliphatic rings. The van der Waals surface area contributed by atoms with Crippen molar-refractivity contribution in [3.63, 3.8) is 0 Å². The van der Waals surface area contributed by atoms with E-state index in [0.717, 1.165) is 21.9 Å². The van der Waals surface area contributed by atoms with Gasteiger partial charge >= 0.3 is 0 Å². The number of halogens is 2. The van der Waals surface area contributed by atoms with Gasteiger partial charge in [-0.3, -0.25) is 14.2 Å². The van der Waals surface area contributed by atoms with E-state index >= 15 is 0 Å². The molecule has 0 saturated heterocycles. The molecule has 3 aromatic carbocycles. The highest BCUT2D eigenvalue weighted by Crippen LogP contribution is 2.33. The van der Waals surface area contributed by atoms with Crippen molar-refractivity contribution in [2.24, 2.45) is 0 Å². The minimum atomic E-state index is -0.811. The van der Waals surface area contributed by atoms with E-state index in [9.17, 15) is 9.59 Å². The van der Waals surface area contributed by atoms with Crippen LogP contribution in [0.4, 0.5) is 5.69 Å². The molecule has 33 heavy (non-hydrogen) atoms. The third-order valence-corrected chi connectivity index (χ3v) is 7.01. The Kier molecular flexibility index (Phi) is 5.66. The molecule has 2 aromatic heterocycles. The summed E-state index contributed by atoms with van der Waals surface area (Å²) >= 11 is 13.6. The van der Waals surface area contributed by atoms with Gasteiger partial charge in [-0.1, -0.05) is 59.6 Å². The third kappa shape index (κ3) is 4.02. The van der Waals surface area contributed by atoms with E-state index in [1.807, 2.05) is 41.8 Å². The van der Waals surface area contributed by atoms with Crippen molar-refractivity contribution in [3.8, 4) is 11.1 Å². The normalized spacial score (nSPS) is 12.2. The molecule has 5 aromatic rings. The maximum absolute atomic E-state index is 13.5. The monoisotopic (exact) mass is 493 g/mol. The number of aromatic nitrogens is 2. The van der Waals surface area contributed by atoms with Gasteiger partial charge in [0.15, 0.2) is 0 Å². The fourth-order valence-electron chi connectivity index (χ4n) is 3.75. The second-order valence-corrected chi connectivity index (χ2v) is 9.34. The molecule has 0 spiro atoms. The highest BCUT2D eigenvalue weighted by Gasteiger charge is 2.21. The number of carbonyl (C=O) groups excluding carboxylic acids is 1. The van der Waals surface area contributed by atoms with Crippen LogP contribution in [0.1, 0.15) is 13.0 Å². The van der Waals surface area contributed by atoms with Gasteiger partial charge in [0.2, 0.25) is 5.91 Å². The minimum absolute atomic E-state index is 0.274. The van der Waals surface area contributed by atoms with Crippen LogP contribution in [0.25, 0.3) is 32.1 Å². The van der Waals surface area contributed by atoms with Gasteiger partial charge < -0.3 is 5.32 Å². The number of nitrogens with one attached hydrogen (secondary N) is 1. The summed E-state index contributed by atoms with van der Waals surface area (Å²) in [6.07, 6.45) is 1.41. The van der Waals surface area contributed by atoms with Gasteiger partial charge in [0.1, 0.15) is 10.9 Å². The molecule has 1 amide bonds. The van der Waals surface area contributed by atoms with Crippen LogP contribution >= 0.6 is 34.5 Å². The largest absolute Gasteiger partial charge is 0.323 e. The molecule has 0 aliphatic heterocycles. The second-order valence-electron chi connectivity index (χ2n) is 7.64. The molecular formula is C25H17Cl2N3O2S. The van der Waals surface area contributed by atoms with Gasteiger partial charge in [-0.15, -0.1) is 11.3 Å². The van der Waals surface area contributed by atoms with Crippen molar-refractivity contribution in [2.45, 2.75) is 13.0 Å². The number of hydrogen-bond acceptors (Lipinski definition) is 4.